The number of likely N-dealkylation sites (tertiary alicyclic amines) is 1. The molecule has 2 rings (SSSR count). The number of hydrogen-bond donors (Lipinski definition) is 2. The SMILES string of the molecule is CCNC(=NCc1ccc(C)cc1)NC1CCN(CC(F)(F)F)C1. The van der Waals surface area contributed by atoms with Crippen LogP contribution in [-0.2, 0) is 6.54 Å². The van der Waals surface area contributed by atoms with E-state index >= 15 is 0 Å². The van der Waals surface area contributed by atoms with Crippen LogP contribution in [0.25, 0.3) is 0 Å². The van der Waals surface area contributed by atoms with Gasteiger partial charge in [-0.1, -0.05) is 29.8 Å². The molecule has 24 heavy (non-hydrogen) atoms. The Hall–Kier alpha value is -1.76. The largest absolute Gasteiger partial charge is 0.401 e. The first kappa shape index (κ1) is 18.6. The Bertz CT molecular complexity index is 540. The third-order valence-corrected chi connectivity index (χ3v) is 3.90. The molecule has 1 aromatic rings. The highest BCUT2D eigenvalue weighted by atomic mass is 19.4. The molecule has 2 N–H and O–H groups in total. The maximum absolute atomic E-state index is 12.5. The Labute approximate surface area is 141 Å². The van der Waals surface area contributed by atoms with Gasteiger partial charge in [-0.3, -0.25) is 4.90 Å². The van der Waals surface area contributed by atoms with Gasteiger partial charge in [0.15, 0.2) is 5.96 Å². The van der Waals surface area contributed by atoms with Crippen LogP contribution in [0.15, 0.2) is 29.3 Å². The molecular formula is C17H25F3N4. The minimum Gasteiger partial charge on any atom is -0.357 e. The third kappa shape index (κ3) is 6.39. The summed E-state index contributed by atoms with van der Waals surface area (Å²) in [5.74, 6) is 0.650. The Morgan fingerprint density at radius 2 is 2.00 bits per heavy atom. The molecule has 0 saturated carbocycles. The van der Waals surface area contributed by atoms with E-state index in [9.17, 15) is 13.2 Å². The molecule has 0 spiro atoms. The first-order chi connectivity index (χ1) is 11.4. The summed E-state index contributed by atoms with van der Waals surface area (Å²) >= 11 is 0. The third-order valence-electron chi connectivity index (χ3n) is 3.90. The van der Waals surface area contributed by atoms with E-state index in [1.54, 1.807) is 0 Å². The van der Waals surface area contributed by atoms with E-state index in [0.29, 0.717) is 38.6 Å². The topological polar surface area (TPSA) is 39.7 Å². The van der Waals surface area contributed by atoms with Gasteiger partial charge in [0.1, 0.15) is 0 Å². The number of nitrogens with one attached hydrogen (secondary N) is 2. The smallest absolute Gasteiger partial charge is 0.357 e. The zero-order chi connectivity index (χ0) is 17.6. The summed E-state index contributed by atoms with van der Waals surface area (Å²) in [6.45, 7) is 5.23. The van der Waals surface area contributed by atoms with Crippen molar-refractivity contribution < 1.29 is 13.2 Å². The zero-order valence-corrected chi connectivity index (χ0v) is 14.2. The van der Waals surface area contributed by atoms with Crippen molar-refractivity contribution in [3.05, 3.63) is 35.4 Å². The molecule has 0 amide bonds. The van der Waals surface area contributed by atoms with Crippen molar-refractivity contribution in [3.8, 4) is 0 Å². The van der Waals surface area contributed by atoms with E-state index in [-0.39, 0.29) is 6.04 Å². The number of aryl methyl sites for hydroxylation is 1. The number of rotatable bonds is 5. The molecule has 0 bridgehead atoms. The minimum absolute atomic E-state index is 0.0110. The van der Waals surface area contributed by atoms with Gasteiger partial charge in [-0.2, -0.15) is 13.2 Å². The second kappa shape index (κ2) is 8.37. The summed E-state index contributed by atoms with van der Waals surface area (Å²) in [6, 6.07) is 8.13. The molecule has 7 heteroatoms. The van der Waals surface area contributed by atoms with E-state index in [0.717, 1.165) is 5.56 Å². The highest BCUT2D eigenvalue weighted by molar-refractivity contribution is 5.80. The number of halogens is 3. The fourth-order valence-electron chi connectivity index (χ4n) is 2.72. The Morgan fingerprint density at radius 1 is 1.29 bits per heavy atom. The van der Waals surface area contributed by atoms with Crippen LogP contribution in [0.3, 0.4) is 0 Å². The molecule has 0 aromatic heterocycles. The fourth-order valence-corrected chi connectivity index (χ4v) is 2.72. The molecule has 134 valence electrons. The summed E-state index contributed by atoms with van der Waals surface area (Å²) in [7, 11) is 0. The van der Waals surface area contributed by atoms with Crippen molar-refractivity contribution in [2.45, 2.75) is 39.0 Å². The average molecular weight is 342 g/mol. The van der Waals surface area contributed by atoms with Gasteiger partial charge in [-0.15, -0.1) is 0 Å². The van der Waals surface area contributed by atoms with Crippen LogP contribution < -0.4 is 10.6 Å². The van der Waals surface area contributed by atoms with Crippen LogP contribution in [0.5, 0.6) is 0 Å². The van der Waals surface area contributed by atoms with E-state index in [4.69, 9.17) is 0 Å². The van der Waals surface area contributed by atoms with Crippen LogP contribution in [-0.4, -0.2) is 49.3 Å². The van der Waals surface area contributed by atoms with E-state index in [2.05, 4.69) is 15.6 Å². The minimum atomic E-state index is -4.14. The Balaban J connectivity index is 1.89. The van der Waals surface area contributed by atoms with Gasteiger partial charge in [0.25, 0.3) is 0 Å². The number of alkyl halides is 3. The molecule has 1 fully saturated rings. The summed E-state index contributed by atoms with van der Waals surface area (Å²) in [5, 5.41) is 6.40. The predicted octanol–water partition coefficient (Wildman–Crippen LogP) is 2.69. The Morgan fingerprint density at radius 3 is 2.62 bits per heavy atom. The van der Waals surface area contributed by atoms with Crippen molar-refractivity contribution in [2.24, 2.45) is 4.99 Å². The lowest BCUT2D eigenvalue weighted by atomic mass is 10.1. The molecular weight excluding hydrogens is 317 g/mol. The number of hydrogen-bond acceptors (Lipinski definition) is 2. The number of aliphatic imine (C=N–C) groups is 1. The fraction of sp³-hybridized carbons (Fsp3) is 0.588. The van der Waals surface area contributed by atoms with Crippen LogP contribution in [0.4, 0.5) is 13.2 Å². The number of nitrogens with zero attached hydrogens (tertiary/aromatic N) is 2. The van der Waals surface area contributed by atoms with Gasteiger partial charge in [0, 0.05) is 25.7 Å². The highest BCUT2D eigenvalue weighted by Gasteiger charge is 2.34. The first-order valence-corrected chi connectivity index (χ1v) is 8.25. The standard InChI is InChI=1S/C17H25F3N4/c1-3-21-16(22-10-14-6-4-13(2)5-7-14)23-15-8-9-24(11-15)12-17(18,19)20/h4-7,15H,3,8-12H2,1-2H3,(H2,21,22,23). The number of guanidine groups is 1. The predicted molar refractivity (Wildman–Crippen MR) is 90.0 cm³/mol. The number of benzene rings is 1. The second-order valence-electron chi connectivity index (χ2n) is 6.16. The summed E-state index contributed by atoms with van der Waals surface area (Å²) in [5.41, 5.74) is 2.30. The van der Waals surface area contributed by atoms with Crippen molar-refractivity contribution in [1.29, 1.82) is 0 Å². The van der Waals surface area contributed by atoms with Crippen LogP contribution in [0.2, 0.25) is 0 Å². The van der Waals surface area contributed by atoms with Crippen molar-refractivity contribution in [3.63, 3.8) is 0 Å². The highest BCUT2D eigenvalue weighted by Crippen LogP contribution is 2.19. The lowest BCUT2D eigenvalue weighted by Crippen LogP contribution is -2.45. The summed E-state index contributed by atoms with van der Waals surface area (Å²) in [6.07, 6.45) is -3.45. The molecule has 1 unspecified atom stereocenters. The molecule has 1 heterocycles. The average Bonchev–Trinajstić information content (AvgIpc) is 2.91. The zero-order valence-electron chi connectivity index (χ0n) is 14.2. The lowest BCUT2D eigenvalue weighted by Gasteiger charge is -2.19. The van der Waals surface area contributed by atoms with Crippen LogP contribution in [0.1, 0.15) is 24.5 Å². The molecule has 0 aliphatic carbocycles. The van der Waals surface area contributed by atoms with Gasteiger partial charge in [0.05, 0.1) is 13.1 Å². The lowest BCUT2D eigenvalue weighted by molar-refractivity contribution is -0.143. The molecule has 4 nitrogen and oxygen atoms in total. The summed E-state index contributed by atoms with van der Waals surface area (Å²) < 4.78 is 37.4. The molecule has 1 saturated heterocycles. The van der Waals surface area contributed by atoms with Gasteiger partial charge in [-0.05, 0) is 25.8 Å². The molecule has 1 atom stereocenters. The monoisotopic (exact) mass is 342 g/mol. The van der Waals surface area contributed by atoms with Crippen molar-refractivity contribution in [1.82, 2.24) is 15.5 Å². The van der Waals surface area contributed by atoms with Crippen LogP contribution >= 0.6 is 0 Å². The quantitative estimate of drug-likeness (QED) is 0.638. The molecule has 1 aliphatic heterocycles. The maximum atomic E-state index is 12.5. The molecule has 0 radical (unpaired) electrons. The van der Waals surface area contributed by atoms with E-state index < -0.39 is 12.7 Å². The first-order valence-electron chi connectivity index (χ1n) is 8.25. The van der Waals surface area contributed by atoms with Gasteiger partial charge in [0.2, 0.25) is 0 Å². The van der Waals surface area contributed by atoms with Gasteiger partial charge in [-0.25, -0.2) is 4.99 Å². The van der Waals surface area contributed by atoms with Gasteiger partial charge >= 0.3 is 6.18 Å². The van der Waals surface area contributed by atoms with E-state index in [1.165, 1.54) is 10.5 Å². The van der Waals surface area contributed by atoms with E-state index in [1.807, 2.05) is 38.1 Å². The second-order valence-corrected chi connectivity index (χ2v) is 6.16. The Kier molecular flexibility index (Phi) is 6.48. The van der Waals surface area contributed by atoms with Crippen molar-refractivity contribution >= 4 is 5.96 Å². The maximum Gasteiger partial charge on any atom is 0.401 e. The molecule has 1 aliphatic rings. The van der Waals surface area contributed by atoms with Gasteiger partial charge < -0.3 is 10.6 Å². The van der Waals surface area contributed by atoms with Crippen molar-refractivity contribution in [2.75, 3.05) is 26.2 Å². The van der Waals surface area contributed by atoms with Crippen LogP contribution in [0, 0.1) is 6.92 Å². The molecule has 1 aromatic carbocycles. The normalized spacial score (nSPS) is 19.5. The summed E-state index contributed by atoms with van der Waals surface area (Å²) in [4.78, 5) is 5.96.